The lowest BCUT2D eigenvalue weighted by Gasteiger charge is -2.33. The van der Waals surface area contributed by atoms with Gasteiger partial charge in [-0.2, -0.15) is 0 Å². The van der Waals surface area contributed by atoms with Crippen molar-refractivity contribution in [1.82, 2.24) is 0 Å². The molecule has 0 N–H and O–H groups in total. The average Bonchev–Trinajstić information content (AvgIpc) is 3.50. The van der Waals surface area contributed by atoms with Crippen LogP contribution in [0.25, 0.3) is 66.4 Å². The first kappa shape index (κ1) is 33.6. The van der Waals surface area contributed by atoms with E-state index in [1.807, 2.05) is 0 Å². The van der Waals surface area contributed by atoms with Crippen molar-refractivity contribution in [2.24, 2.45) is 0 Å². The highest BCUT2D eigenvalue weighted by molar-refractivity contribution is 6.03. The van der Waals surface area contributed by atoms with Gasteiger partial charge in [-0.3, -0.25) is 0 Å². The Morgan fingerprint density at radius 2 is 0.911 bits per heavy atom. The van der Waals surface area contributed by atoms with Crippen molar-refractivity contribution < 1.29 is 0 Å². The fraction of sp³-hybridized carbons (Fsp3) is 0.0545. The maximum Gasteiger partial charge on any atom is 0.0546 e. The minimum absolute atomic E-state index is 0.204. The highest BCUT2D eigenvalue weighted by Crippen LogP contribution is 2.56. The van der Waals surface area contributed by atoms with Crippen LogP contribution in [-0.2, 0) is 5.41 Å². The molecular formula is C55H41N. The molecule has 0 heterocycles. The average molecular weight is 716 g/mol. The normalized spacial score (nSPS) is 12.6. The molecule has 0 aromatic heterocycles. The Kier molecular flexibility index (Phi) is 8.23. The molecule has 56 heavy (non-hydrogen) atoms. The molecule has 1 aliphatic carbocycles. The quantitative estimate of drug-likeness (QED) is 0.159. The van der Waals surface area contributed by atoms with E-state index in [-0.39, 0.29) is 5.41 Å². The highest BCUT2D eigenvalue weighted by Gasteiger charge is 2.38. The Morgan fingerprint density at radius 3 is 1.66 bits per heavy atom. The molecule has 0 saturated carbocycles. The molecule has 0 bridgehead atoms. The molecule has 0 aliphatic heterocycles. The van der Waals surface area contributed by atoms with Gasteiger partial charge in [-0.05, 0) is 96.7 Å². The summed E-state index contributed by atoms with van der Waals surface area (Å²) in [5, 5.41) is 2.42. The predicted octanol–water partition coefficient (Wildman–Crippen LogP) is 15.3. The smallest absolute Gasteiger partial charge is 0.0546 e. The molecule has 0 saturated heterocycles. The van der Waals surface area contributed by atoms with E-state index >= 15 is 0 Å². The van der Waals surface area contributed by atoms with E-state index in [9.17, 15) is 0 Å². The fourth-order valence-electron chi connectivity index (χ4n) is 9.04. The van der Waals surface area contributed by atoms with Gasteiger partial charge >= 0.3 is 0 Å². The Balaban J connectivity index is 1.32. The molecule has 1 heteroatoms. The summed E-state index contributed by atoms with van der Waals surface area (Å²) in [6.45, 7) is 4.78. The first-order valence-electron chi connectivity index (χ1n) is 19.5. The van der Waals surface area contributed by atoms with Crippen LogP contribution in [0.3, 0.4) is 0 Å². The molecule has 10 rings (SSSR count). The van der Waals surface area contributed by atoms with E-state index in [1.165, 1.54) is 77.5 Å². The monoisotopic (exact) mass is 715 g/mol. The van der Waals surface area contributed by atoms with Crippen molar-refractivity contribution in [3.05, 3.63) is 223 Å². The first-order valence-corrected chi connectivity index (χ1v) is 19.5. The Hall–Kier alpha value is -6.96. The highest BCUT2D eigenvalue weighted by atomic mass is 15.1. The molecule has 9 aromatic carbocycles. The van der Waals surface area contributed by atoms with Gasteiger partial charge in [0.1, 0.15) is 0 Å². The molecule has 266 valence electrons. The van der Waals surface area contributed by atoms with E-state index in [0.29, 0.717) is 0 Å². The number of hydrogen-bond donors (Lipinski definition) is 0. The minimum Gasteiger partial charge on any atom is -0.309 e. The van der Waals surface area contributed by atoms with Crippen molar-refractivity contribution in [1.29, 1.82) is 0 Å². The zero-order chi connectivity index (χ0) is 37.6. The lowest BCUT2D eigenvalue weighted by molar-refractivity contribution is 0.662. The zero-order valence-electron chi connectivity index (χ0n) is 31.7. The summed E-state index contributed by atoms with van der Waals surface area (Å²) in [5.74, 6) is 0. The fourth-order valence-corrected chi connectivity index (χ4v) is 9.04. The standard InChI is InChI=1S/C55H41N/c1-55(2)50-30-15-14-26-46(50)47-28-16-29-48(54(47)55)53-45(40-21-8-4-9-22-40)27-17-31-52(53)56(44-34-32-39-20-12-13-25-42(39)36-44)51-35-33-43(38-18-6-3-7-19-38)37-49(51)41-23-10-5-11-24-41/h3-37H,1-2H3. The SMILES string of the molecule is CC1(C)c2ccccc2-c2cccc(-c3c(-c4ccccc4)cccc3N(c3ccc4ccccc4c3)c3ccc(-c4ccccc4)cc3-c3ccccc3)c21. The van der Waals surface area contributed by atoms with E-state index in [1.54, 1.807) is 0 Å². The van der Waals surface area contributed by atoms with Gasteiger partial charge in [0.15, 0.2) is 0 Å². The van der Waals surface area contributed by atoms with Crippen LogP contribution in [0.4, 0.5) is 17.1 Å². The van der Waals surface area contributed by atoms with Crippen LogP contribution in [0.15, 0.2) is 212 Å². The van der Waals surface area contributed by atoms with Crippen LogP contribution in [0.2, 0.25) is 0 Å². The maximum atomic E-state index is 2.51. The predicted molar refractivity (Wildman–Crippen MR) is 238 cm³/mol. The molecule has 0 fully saturated rings. The summed E-state index contributed by atoms with van der Waals surface area (Å²) >= 11 is 0. The molecule has 0 spiro atoms. The number of benzene rings is 9. The van der Waals surface area contributed by atoms with Gasteiger partial charge in [-0.15, -0.1) is 0 Å². The molecule has 0 atom stereocenters. The molecular weight excluding hydrogens is 675 g/mol. The van der Waals surface area contributed by atoms with Gasteiger partial charge in [0.25, 0.3) is 0 Å². The number of fused-ring (bicyclic) bond motifs is 4. The van der Waals surface area contributed by atoms with Crippen LogP contribution in [-0.4, -0.2) is 0 Å². The van der Waals surface area contributed by atoms with Crippen molar-refractivity contribution in [2.75, 3.05) is 4.90 Å². The third-order valence-electron chi connectivity index (χ3n) is 11.6. The Bertz CT molecular complexity index is 2870. The van der Waals surface area contributed by atoms with Gasteiger partial charge in [-0.25, -0.2) is 0 Å². The molecule has 0 radical (unpaired) electrons. The van der Waals surface area contributed by atoms with Gasteiger partial charge in [0, 0.05) is 22.2 Å². The topological polar surface area (TPSA) is 3.24 Å². The minimum atomic E-state index is -0.204. The van der Waals surface area contributed by atoms with Crippen LogP contribution in [0, 0.1) is 0 Å². The molecule has 0 unspecified atom stereocenters. The molecule has 1 aliphatic rings. The van der Waals surface area contributed by atoms with E-state index in [4.69, 9.17) is 0 Å². The Labute approximate surface area is 329 Å². The zero-order valence-corrected chi connectivity index (χ0v) is 31.7. The van der Waals surface area contributed by atoms with E-state index in [0.717, 1.165) is 17.1 Å². The largest absolute Gasteiger partial charge is 0.309 e. The van der Waals surface area contributed by atoms with Crippen molar-refractivity contribution in [3.63, 3.8) is 0 Å². The number of anilines is 3. The summed E-state index contributed by atoms with van der Waals surface area (Å²) in [6, 6.07) is 77.7. The van der Waals surface area contributed by atoms with Gasteiger partial charge in [0.2, 0.25) is 0 Å². The number of rotatable bonds is 7. The summed E-state index contributed by atoms with van der Waals surface area (Å²) in [5.41, 5.74) is 18.1. The van der Waals surface area contributed by atoms with Crippen LogP contribution in [0.5, 0.6) is 0 Å². The second-order valence-corrected chi connectivity index (χ2v) is 15.3. The maximum absolute atomic E-state index is 2.51. The summed E-state index contributed by atoms with van der Waals surface area (Å²) in [4.78, 5) is 2.51. The lowest BCUT2D eigenvalue weighted by Crippen LogP contribution is -2.17. The van der Waals surface area contributed by atoms with Gasteiger partial charge in [-0.1, -0.05) is 196 Å². The Morgan fingerprint density at radius 1 is 0.339 bits per heavy atom. The molecule has 1 nitrogen and oxygen atoms in total. The van der Waals surface area contributed by atoms with Crippen molar-refractivity contribution >= 4 is 27.8 Å². The van der Waals surface area contributed by atoms with Crippen LogP contribution in [0.1, 0.15) is 25.0 Å². The summed E-state index contributed by atoms with van der Waals surface area (Å²) < 4.78 is 0. The van der Waals surface area contributed by atoms with Crippen LogP contribution >= 0.6 is 0 Å². The van der Waals surface area contributed by atoms with Gasteiger partial charge in [0.05, 0.1) is 11.4 Å². The van der Waals surface area contributed by atoms with Crippen molar-refractivity contribution in [3.8, 4) is 55.6 Å². The third-order valence-corrected chi connectivity index (χ3v) is 11.6. The van der Waals surface area contributed by atoms with E-state index < -0.39 is 0 Å². The lowest BCUT2D eigenvalue weighted by atomic mass is 9.77. The molecule has 0 amide bonds. The second kappa shape index (κ2) is 13.7. The van der Waals surface area contributed by atoms with Gasteiger partial charge < -0.3 is 4.90 Å². The number of hydrogen-bond acceptors (Lipinski definition) is 1. The molecule has 9 aromatic rings. The first-order chi connectivity index (χ1) is 27.6. The van der Waals surface area contributed by atoms with Crippen molar-refractivity contribution in [2.45, 2.75) is 19.3 Å². The summed E-state index contributed by atoms with van der Waals surface area (Å²) in [6.07, 6.45) is 0. The second-order valence-electron chi connectivity index (χ2n) is 15.3. The van der Waals surface area contributed by atoms with Crippen LogP contribution < -0.4 is 4.90 Å². The summed E-state index contributed by atoms with van der Waals surface area (Å²) in [7, 11) is 0. The third kappa shape index (κ3) is 5.63. The number of nitrogens with zero attached hydrogens (tertiary/aromatic N) is 1. The van der Waals surface area contributed by atoms with E-state index in [2.05, 4.69) is 231 Å².